The molecule has 1 aliphatic carbocycles. The Hall–Kier alpha value is -2.52. The molecule has 1 saturated carbocycles. The van der Waals surface area contributed by atoms with Gasteiger partial charge in [-0.05, 0) is 68.1 Å². The highest BCUT2D eigenvalue weighted by molar-refractivity contribution is 7.92. The summed E-state index contributed by atoms with van der Waals surface area (Å²) in [6, 6.07) is 5.75. The van der Waals surface area contributed by atoms with Crippen molar-refractivity contribution in [3.8, 4) is 0 Å². The summed E-state index contributed by atoms with van der Waals surface area (Å²) in [6.45, 7) is 3.09. The predicted molar refractivity (Wildman–Crippen MR) is 119 cm³/mol. The molecule has 4 heterocycles. The lowest BCUT2D eigenvalue weighted by Crippen LogP contribution is -2.47. The van der Waals surface area contributed by atoms with Crippen LogP contribution < -0.4 is 5.32 Å². The third-order valence-corrected chi connectivity index (χ3v) is 9.32. The molecule has 0 aromatic carbocycles. The third-order valence-electron chi connectivity index (χ3n) is 7.07. The molecule has 3 aliphatic rings. The normalized spacial score (nSPS) is 20.1. The van der Waals surface area contributed by atoms with Crippen molar-refractivity contribution in [3.63, 3.8) is 0 Å². The molecule has 2 aromatic heterocycles. The van der Waals surface area contributed by atoms with E-state index in [9.17, 15) is 13.2 Å². The third kappa shape index (κ3) is 4.23. The molecule has 8 nitrogen and oxygen atoms in total. The molecule has 2 amide bonds. The molecule has 170 valence electrons. The van der Waals surface area contributed by atoms with Crippen molar-refractivity contribution in [1.29, 1.82) is 0 Å². The lowest BCUT2D eigenvalue weighted by Gasteiger charge is -2.41. The number of likely N-dealkylation sites (tertiary alicyclic amines) is 1. The second-order valence-corrected chi connectivity index (χ2v) is 11.2. The SMILES string of the molecule is O=C(NCc1ccc(S(=O)(=O)C2CCN(C3CCC3)CC2)cn1)N1Cc2ccncc2C1. The number of urea groups is 1. The number of hydrogen-bond acceptors (Lipinski definition) is 6. The van der Waals surface area contributed by atoms with Crippen LogP contribution in [0.15, 0.2) is 41.7 Å². The van der Waals surface area contributed by atoms with Gasteiger partial charge in [0.2, 0.25) is 0 Å². The maximum atomic E-state index is 13.1. The number of hydrogen-bond donors (Lipinski definition) is 1. The van der Waals surface area contributed by atoms with Crippen LogP contribution in [-0.2, 0) is 29.5 Å². The fourth-order valence-corrected chi connectivity index (χ4v) is 6.49. The molecule has 0 radical (unpaired) electrons. The van der Waals surface area contributed by atoms with Gasteiger partial charge in [0, 0.05) is 37.7 Å². The molecule has 5 rings (SSSR count). The van der Waals surface area contributed by atoms with Gasteiger partial charge in [0.15, 0.2) is 9.84 Å². The largest absolute Gasteiger partial charge is 0.332 e. The first kappa shape index (κ1) is 21.3. The first-order valence-corrected chi connectivity index (χ1v) is 12.9. The van der Waals surface area contributed by atoms with Gasteiger partial charge in [0.1, 0.15) is 0 Å². The maximum absolute atomic E-state index is 13.1. The van der Waals surface area contributed by atoms with Gasteiger partial charge in [0.25, 0.3) is 0 Å². The molecule has 1 N–H and O–H groups in total. The second-order valence-electron chi connectivity index (χ2n) is 9.01. The summed E-state index contributed by atoms with van der Waals surface area (Å²) in [4.78, 5) is 25.4. The molecule has 32 heavy (non-hydrogen) atoms. The van der Waals surface area contributed by atoms with Crippen molar-refractivity contribution in [2.45, 2.75) is 67.9 Å². The zero-order chi connectivity index (χ0) is 22.1. The summed E-state index contributed by atoms with van der Waals surface area (Å²) in [5.41, 5.74) is 2.81. The van der Waals surface area contributed by atoms with Crippen LogP contribution in [0, 0.1) is 0 Å². The molecule has 0 bridgehead atoms. The fraction of sp³-hybridized carbons (Fsp3) is 0.522. The van der Waals surface area contributed by atoms with Crippen LogP contribution in [0.25, 0.3) is 0 Å². The quantitative estimate of drug-likeness (QED) is 0.744. The van der Waals surface area contributed by atoms with Gasteiger partial charge >= 0.3 is 6.03 Å². The van der Waals surface area contributed by atoms with E-state index in [0.29, 0.717) is 37.7 Å². The van der Waals surface area contributed by atoms with Gasteiger partial charge in [-0.15, -0.1) is 0 Å². The van der Waals surface area contributed by atoms with Crippen LogP contribution in [0.1, 0.15) is 48.9 Å². The highest BCUT2D eigenvalue weighted by Gasteiger charge is 2.35. The summed E-state index contributed by atoms with van der Waals surface area (Å²) in [5, 5.41) is 2.54. The fourth-order valence-electron chi connectivity index (χ4n) is 4.82. The minimum absolute atomic E-state index is 0.169. The van der Waals surface area contributed by atoms with Gasteiger partial charge < -0.3 is 15.1 Å². The standard InChI is InChI=1S/C23H29N5O3S/c29-23(28-15-17-6-9-24-12-18(17)16-28)26-13-19-4-5-22(14-25-19)32(30,31)21-7-10-27(11-8-21)20-2-1-3-20/h4-6,9,12,14,20-21H,1-3,7-8,10-11,13,15-16H2,(H,26,29). The van der Waals surface area contributed by atoms with E-state index in [2.05, 4.69) is 20.2 Å². The number of pyridine rings is 2. The number of carbonyl (C=O) groups excluding carboxylic acids is 1. The summed E-state index contributed by atoms with van der Waals surface area (Å²) < 4.78 is 26.1. The molecular formula is C23H29N5O3S. The smallest absolute Gasteiger partial charge is 0.318 e. The maximum Gasteiger partial charge on any atom is 0.318 e. The van der Waals surface area contributed by atoms with Crippen LogP contribution >= 0.6 is 0 Å². The lowest BCUT2D eigenvalue weighted by atomic mass is 9.90. The monoisotopic (exact) mass is 455 g/mol. The van der Waals surface area contributed by atoms with E-state index in [-0.39, 0.29) is 22.7 Å². The molecule has 0 spiro atoms. The molecule has 2 aliphatic heterocycles. The summed E-state index contributed by atoms with van der Waals surface area (Å²) in [6.07, 6.45) is 10.1. The number of carbonyl (C=O) groups is 1. The van der Waals surface area contributed by atoms with Crippen LogP contribution in [0.4, 0.5) is 4.79 Å². The number of fused-ring (bicyclic) bond motifs is 1. The Morgan fingerprint density at radius 3 is 2.47 bits per heavy atom. The van der Waals surface area contributed by atoms with E-state index >= 15 is 0 Å². The van der Waals surface area contributed by atoms with Gasteiger partial charge in [-0.2, -0.15) is 0 Å². The first-order valence-electron chi connectivity index (χ1n) is 11.4. The van der Waals surface area contributed by atoms with Crippen molar-refractivity contribution in [2.75, 3.05) is 13.1 Å². The van der Waals surface area contributed by atoms with Crippen LogP contribution in [0.2, 0.25) is 0 Å². The number of rotatable bonds is 5. The second kappa shape index (κ2) is 8.78. The van der Waals surface area contributed by atoms with Crippen LogP contribution in [-0.4, -0.2) is 58.6 Å². The summed E-state index contributed by atoms with van der Waals surface area (Å²) in [7, 11) is -3.38. The molecule has 2 fully saturated rings. The number of sulfone groups is 1. The number of nitrogens with one attached hydrogen (secondary N) is 1. The number of aromatic nitrogens is 2. The Balaban J connectivity index is 1.14. The Morgan fingerprint density at radius 2 is 1.81 bits per heavy atom. The molecule has 1 saturated heterocycles. The van der Waals surface area contributed by atoms with Gasteiger partial charge in [0.05, 0.1) is 22.4 Å². The van der Waals surface area contributed by atoms with Crippen LogP contribution in [0.5, 0.6) is 0 Å². The molecule has 0 unspecified atom stereocenters. The van der Waals surface area contributed by atoms with E-state index < -0.39 is 9.84 Å². The predicted octanol–water partition coefficient (Wildman–Crippen LogP) is 2.49. The Labute approximate surface area is 189 Å². The number of piperidine rings is 1. The molecule has 0 atom stereocenters. The zero-order valence-corrected chi connectivity index (χ0v) is 18.9. The summed E-state index contributed by atoms with van der Waals surface area (Å²) >= 11 is 0. The van der Waals surface area contributed by atoms with Crippen molar-refractivity contribution in [2.24, 2.45) is 0 Å². The minimum Gasteiger partial charge on any atom is -0.332 e. The highest BCUT2D eigenvalue weighted by atomic mass is 32.2. The average Bonchev–Trinajstić information content (AvgIpc) is 3.21. The van der Waals surface area contributed by atoms with Crippen LogP contribution in [0.3, 0.4) is 0 Å². The van der Waals surface area contributed by atoms with E-state index in [4.69, 9.17) is 0 Å². The topological polar surface area (TPSA) is 95.5 Å². The average molecular weight is 456 g/mol. The van der Waals surface area contributed by atoms with E-state index in [0.717, 1.165) is 24.2 Å². The van der Waals surface area contributed by atoms with Crippen molar-refractivity contribution in [3.05, 3.63) is 53.6 Å². The summed E-state index contributed by atoms with van der Waals surface area (Å²) in [5.74, 6) is 0. The minimum atomic E-state index is -3.38. The van der Waals surface area contributed by atoms with E-state index in [1.54, 1.807) is 29.4 Å². The highest BCUT2D eigenvalue weighted by Crippen LogP contribution is 2.30. The zero-order valence-electron chi connectivity index (χ0n) is 18.1. The molecule has 9 heteroatoms. The Bertz CT molecular complexity index is 1050. The molecular weight excluding hydrogens is 426 g/mol. The number of nitrogens with zero attached hydrogens (tertiary/aromatic N) is 4. The van der Waals surface area contributed by atoms with Crippen molar-refractivity contribution < 1.29 is 13.2 Å². The van der Waals surface area contributed by atoms with Gasteiger partial charge in [-0.3, -0.25) is 9.97 Å². The van der Waals surface area contributed by atoms with Crippen molar-refractivity contribution >= 4 is 15.9 Å². The van der Waals surface area contributed by atoms with Gasteiger partial charge in [-0.1, -0.05) is 6.42 Å². The van der Waals surface area contributed by atoms with Crippen molar-refractivity contribution in [1.82, 2.24) is 25.1 Å². The molecule has 2 aromatic rings. The van der Waals surface area contributed by atoms with E-state index in [1.165, 1.54) is 25.5 Å². The number of amides is 2. The first-order chi connectivity index (χ1) is 15.5. The van der Waals surface area contributed by atoms with Gasteiger partial charge in [-0.25, -0.2) is 13.2 Å². The Kier molecular flexibility index (Phi) is 5.86. The Morgan fingerprint density at radius 1 is 1.03 bits per heavy atom. The van der Waals surface area contributed by atoms with E-state index in [1.807, 2.05) is 6.07 Å². The lowest BCUT2D eigenvalue weighted by molar-refractivity contribution is 0.106.